The summed E-state index contributed by atoms with van der Waals surface area (Å²) in [5.41, 5.74) is 2.87. The van der Waals surface area contributed by atoms with Crippen LogP contribution in [0.3, 0.4) is 0 Å². The lowest BCUT2D eigenvalue weighted by atomic mass is 10.2. The van der Waals surface area contributed by atoms with Gasteiger partial charge in [0, 0.05) is 35.2 Å². The zero-order valence-electron chi connectivity index (χ0n) is 14.2. The number of nitrogens with one attached hydrogen (secondary N) is 2. The van der Waals surface area contributed by atoms with Crippen molar-refractivity contribution < 1.29 is 14.3 Å². The monoisotopic (exact) mass is 381 g/mol. The first kappa shape index (κ1) is 17.2. The Kier molecular flexibility index (Phi) is 4.80. The van der Waals surface area contributed by atoms with Gasteiger partial charge in [-0.3, -0.25) is 9.78 Å². The average molecular weight is 382 g/mol. The highest BCUT2D eigenvalue weighted by molar-refractivity contribution is 6.30. The van der Waals surface area contributed by atoms with Gasteiger partial charge in [-0.25, -0.2) is 0 Å². The smallest absolute Gasteiger partial charge is 0.270 e. The molecule has 2 N–H and O–H groups in total. The van der Waals surface area contributed by atoms with Gasteiger partial charge in [0.15, 0.2) is 11.5 Å². The second kappa shape index (κ2) is 7.55. The molecule has 0 radical (unpaired) electrons. The Hall–Kier alpha value is -3.25. The first-order chi connectivity index (χ1) is 13.2. The van der Waals surface area contributed by atoms with Gasteiger partial charge in [0.1, 0.15) is 5.69 Å². The van der Waals surface area contributed by atoms with Gasteiger partial charge in [-0.15, -0.1) is 0 Å². The van der Waals surface area contributed by atoms with Crippen molar-refractivity contribution in [3.8, 4) is 11.5 Å². The molecule has 0 unspecified atom stereocenters. The van der Waals surface area contributed by atoms with Crippen LogP contribution in [0.2, 0.25) is 5.02 Å². The van der Waals surface area contributed by atoms with Gasteiger partial charge in [-0.2, -0.15) is 0 Å². The number of amides is 1. The normalized spacial score (nSPS) is 11.9. The summed E-state index contributed by atoms with van der Waals surface area (Å²) >= 11 is 5.87. The van der Waals surface area contributed by atoms with Gasteiger partial charge >= 0.3 is 0 Å². The summed E-state index contributed by atoms with van der Waals surface area (Å²) in [5, 5.41) is 6.75. The van der Waals surface area contributed by atoms with Crippen LogP contribution in [0.15, 0.2) is 60.8 Å². The van der Waals surface area contributed by atoms with Crippen molar-refractivity contribution in [3.63, 3.8) is 0 Å². The summed E-state index contributed by atoms with van der Waals surface area (Å²) in [6, 6.07) is 16.4. The first-order valence-corrected chi connectivity index (χ1v) is 8.70. The lowest BCUT2D eigenvalue weighted by molar-refractivity contribution is 0.0946. The standard InChI is InChI=1S/C20H16ClN3O3/c21-14-3-1-13(2-4-14)11-23-20(25)17-9-16(7-8-22-17)24-15-5-6-18-19(10-15)27-12-26-18/h1-10H,11-12H2,(H,22,24)(H,23,25). The van der Waals surface area contributed by atoms with Gasteiger partial charge in [0.2, 0.25) is 6.79 Å². The number of rotatable bonds is 5. The van der Waals surface area contributed by atoms with E-state index in [0.717, 1.165) is 22.7 Å². The largest absolute Gasteiger partial charge is 0.454 e. The Morgan fingerprint density at radius 2 is 1.78 bits per heavy atom. The summed E-state index contributed by atoms with van der Waals surface area (Å²) in [4.78, 5) is 16.5. The summed E-state index contributed by atoms with van der Waals surface area (Å²) in [5.74, 6) is 1.16. The predicted octanol–water partition coefficient (Wildman–Crippen LogP) is 4.14. The molecule has 2 heterocycles. The third kappa shape index (κ3) is 4.12. The molecule has 3 aromatic rings. The summed E-state index contributed by atoms with van der Waals surface area (Å²) in [6.07, 6.45) is 1.59. The fourth-order valence-corrected chi connectivity index (χ4v) is 2.77. The molecular weight excluding hydrogens is 366 g/mol. The van der Waals surface area contributed by atoms with Gasteiger partial charge in [0.05, 0.1) is 0 Å². The molecule has 136 valence electrons. The Labute approximate surface area is 161 Å². The van der Waals surface area contributed by atoms with Crippen LogP contribution in [-0.4, -0.2) is 17.7 Å². The van der Waals surface area contributed by atoms with Gasteiger partial charge < -0.3 is 20.1 Å². The number of halogens is 1. The number of fused-ring (bicyclic) bond motifs is 1. The molecule has 7 heteroatoms. The van der Waals surface area contributed by atoms with E-state index in [1.807, 2.05) is 30.3 Å². The highest BCUT2D eigenvalue weighted by Crippen LogP contribution is 2.35. The van der Waals surface area contributed by atoms with E-state index in [4.69, 9.17) is 21.1 Å². The number of ether oxygens (including phenoxy) is 2. The molecule has 27 heavy (non-hydrogen) atoms. The summed E-state index contributed by atoms with van der Waals surface area (Å²) in [7, 11) is 0. The topological polar surface area (TPSA) is 72.5 Å². The molecule has 0 aliphatic carbocycles. The van der Waals surface area contributed by atoms with Crippen molar-refractivity contribution in [2.45, 2.75) is 6.54 Å². The molecule has 1 aliphatic heterocycles. The molecule has 0 atom stereocenters. The second-order valence-electron chi connectivity index (χ2n) is 5.93. The van der Waals surface area contributed by atoms with Crippen molar-refractivity contribution in [2.24, 2.45) is 0 Å². The van der Waals surface area contributed by atoms with Crippen LogP contribution in [0, 0.1) is 0 Å². The number of hydrogen-bond acceptors (Lipinski definition) is 5. The third-order valence-electron chi connectivity index (χ3n) is 4.02. The number of aromatic nitrogens is 1. The number of benzene rings is 2. The van der Waals surface area contributed by atoms with Crippen molar-refractivity contribution in [1.82, 2.24) is 10.3 Å². The number of nitrogens with zero attached hydrogens (tertiary/aromatic N) is 1. The maximum Gasteiger partial charge on any atom is 0.270 e. The van der Waals surface area contributed by atoms with E-state index in [1.165, 1.54) is 0 Å². The van der Waals surface area contributed by atoms with Gasteiger partial charge in [-0.1, -0.05) is 23.7 Å². The van der Waals surface area contributed by atoms with E-state index in [1.54, 1.807) is 30.5 Å². The number of hydrogen-bond donors (Lipinski definition) is 2. The molecule has 0 bridgehead atoms. The van der Waals surface area contributed by atoms with E-state index in [0.29, 0.717) is 23.0 Å². The fraction of sp³-hybridized carbons (Fsp3) is 0.100. The van der Waals surface area contributed by atoms with E-state index in [2.05, 4.69) is 15.6 Å². The molecule has 6 nitrogen and oxygen atoms in total. The average Bonchev–Trinajstić information content (AvgIpc) is 3.15. The van der Waals surface area contributed by atoms with Crippen LogP contribution in [0.25, 0.3) is 0 Å². The third-order valence-corrected chi connectivity index (χ3v) is 4.27. The molecule has 0 saturated heterocycles. The number of carbonyl (C=O) groups is 1. The first-order valence-electron chi connectivity index (χ1n) is 8.33. The van der Waals surface area contributed by atoms with Crippen LogP contribution >= 0.6 is 11.6 Å². The van der Waals surface area contributed by atoms with Crippen molar-refractivity contribution >= 4 is 28.9 Å². The van der Waals surface area contributed by atoms with Crippen LogP contribution in [-0.2, 0) is 6.54 Å². The van der Waals surface area contributed by atoms with Crippen LogP contribution in [0.5, 0.6) is 11.5 Å². The molecule has 2 aromatic carbocycles. The maximum atomic E-state index is 12.4. The highest BCUT2D eigenvalue weighted by Gasteiger charge is 2.14. The van der Waals surface area contributed by atoms with Crippen molar-refractivity contribution in [3.05, 3.63) is 77.1 Å². The lowest BCUT2D eigenvalue weighted by Crippen LogP contribution is -2.23. The van der Waals surface area contributed by atoms with E-state index < -0.39 is 0 Å². The molecule has 0 spiro atoms. The quantitative estimate of drug-likeness (QED) is 0.695. The zero-order chi connectivity index (χ0) is 18.6. The zero-order valence-corrected chi connectivity index (χ0v) is 15.0. The SMILES string of the molecule is O=C(NCc1ccc(Cl)cc1)c1cc(Nc2ccc3c(c2)OCO3)ccn1. The van der Waals surface area contributed by atoms with Crippen LogP contribution < -0.4 is 20.1 Å². The Morgan fingerprint density at radius 3 is 2.63 bits per heavy atom. The highest BCUT2D eigenvalue weighted by atomic mass is 35.5. The Bertz CT molecular complexity index is 976. The molecule has 1 aromatic heterocycles. The van der Waals surface area contributed by atoms with Gasteiger partial charge in [-0.05, 0) is 42.0 Å². The van der Waals surface area contributed by atoms with E-state index in [-0.39, 0.29) is 12.7 Å². The summed E-state index contributed by atoms with van der Waals surface area (Å²) in [6.45, 7) is 0.628. The van der Waals surface area contributed by atoms with Crippen molar-refractivity contribution in [2.75, 3.05) is 12.1 Å². The Balaban J connectivity index is 1.42. The Morgan fingerprint density at radius 1 is 1.00 bits per heavy atom. The maximum absolute atomic E-state index is 12.4. The minimum atomic E-state index is -0.251. The molecule has 0 saturated carbocycles. The number of anilines is 2. The van der Waals surface area contributed by atoms with Crippen LogP contribution in [0.1, 0.15) is 16.1 Å². The summed E-state index contributed by atoms with van der Waals surface area (Å²) < 4.78 is 10.7. The molecule has 1 aliphatic rings. The minimum Gasteiger partial charge on any atom is -0.454 e. The fourth-order valence-electron chi connectivity index (χ4n) is 2.65. The minimum absolute atomic E-state index is 0.228. The molecular formula is C20H16ClN3O3. The lowest BCUT2D eigenvalue weighted by Gasteiger charge is -2.09. The number of pyridine rings is 1. The predicted molar refractivity (Wildman–Crippen MR) is 103 cm³/mol. The molecule has 0 fully saturated rings. The number of carbonyl (C=O) groups excluding carboxylic acids is 1. The molecule has 4 rings (SSSR count). The van der Waals surface area contributed by atoms with Crippen molar-refractivity contribution in [1.29, 1.82) is 0 Å². The van der Waals surface area contributed by atoms with Gasteiger partial charge in [0.25, 0.3) is 5.91 Å². The van der Waals surface area contributed by atoms with E-state index in [9.17, 15) is 4.79 Å². The second-order valence-corrected chi connectivity index (χ2v) is 6.37. The molecule has 1 amide bonds. The van der Waals surface area contributed by atoms with Crippen LogP contribution in [0.4, 0.5) is 11.4 Å². The van der Waals surface area contributed by atoms with E-state index >= 15 is 0 Å².